The molecule has 2 aromatic rings. The van der Waals surface area contributed by atoms with E-state index in [4.69, 9.17) is 0 Å². The van der Waals surface area contributed by atoms with Gasteiger partial charge in [0.25, 0.3) is 0 Å². The van der Waals surface area contributed by atoms with E-state index in [2.05, 4.69) is 38.7 Å². The summed E-state index contributed by atoms with van der Waals surface area (Å²) < 4.78 is 0. The van der Waals surface area contributed by atoms with Gasteiger partial charge in [-0.15, -0.1) is 0 Å². The second kappa shape index (κ2) is 5.20. The van der Waals surface area contributed by atoms with Crippen molar-refractivity contribution in [2.24, 2.45) is 0 Å². The van der Waals surface area contributed by atoms with E-state index in [1.165, 1.54) is 5.56 Å². The van der Waals surface area contributed by atoms with Crippen molar-refractivity contribution in [1.82, 2.24) is 4.98 Å². The third kappa shape index (κ3) is 2.58. The number of hydrogen-bond donors (Lipinski definition) is 1. The minimum atomic E-state index is -0.0695. The van der Waals surface area contributed by atoms with Gasteiger partial charge in [0.05, 0.1) is 0 Å². The van der Waals surface area contributed by atoms with Crippen molar-refractivity contribution in [2.75, 3.05) is 0 Å². The molecule has 1 heterocycles. The molecule has 0 fully saturated rings. The Kier molecular flexibility index (Phi) is 3.79. The zero-order chi connectivity index (χ0) is 14.0. The fraction of sp³-hybridized carbons (Fsp3) is 0.471. The van der Waals surface area contributed by atoms with Gasteiger partial charge in [-0.25, -0.2) is 0 Å². The maximum absolute atomic E-state index is 12.6. The molecule has 19 heavy (non-hydrogen) atoms. The van der Waals surface area contributed by atoms with Gasteiger partial charge in [-0.05, 0) is 36.0 Å². The van der Waals surface area contributed by atoms with Gasteiger partial charge in [-0.2, -0.15) is 0 Å². The van der Waals surface area contributed by atoms with Crippen molar-refractivity contribution in [3.63, 3.8) is 0 Å². The van der Waals surface area contributed by atoms with Crippen LogP contribution in [0.5, 0.6) is 0 Å². The van der Waals surface area contributed by atoms with E-state index in [1.807, 2.05) is 18.3 Å². The van der Waals surface area contributed by atoms with Crippen LogP contribution in [0.15, 0.2) is 29.2 Å². The van der Waals surface area contributed by atoms with Crippen LogP contribution in [0, 0.1) is 0 Å². The molecule has 2 rings (SSSR count). The molecule has 2 nitrogen and oxygen atoms in total. The van der Waals surface area contributed by atoms with E-state index in [1.54, 1.807) is 0 Å². The molecule has 1 aromatic carbocycles. The van der Waals surface area contributed by atoms with E-state index >= 15 is 0 Å². The molecule has 0 saturated carbocycles. The lowest BCUT2D eigenvalue weighted by Gasteiger charge is -2.24. The summed E-state index contributed by atoms with van der Waals surface area (Å²) in [6.07, 6.45) is 4.99. The summed E-state index contributed by atoms with van der Waals surface area (Å²) in [6.45, 7) is 8.57. The summed E-state index contributed by atoms with van der Waals surface area (Å²) in [6, 6.07) is 6.08. The minimum absolute atomic E-state index is 0.0695. The van der Waals surface area contributed by atoms with Crippen LogP contribution in [-0.4, -0.2) is 4.98 Å². The van der Waals surface area contributed by atoms with E-state index in [0.717, 1.165) is 35.7 Å². The topological polar surface area (TPSA) is 32.9 Å². The first-order valence-electron chi connectivity index (χ1n) is 7.14. The first kappa shape index (κ1) is 13.9. The highest BCUT2D eigenvalue weighted by molar-refractivity contribution is 5.79. The first-order valence-corrected chi connectivity index (χ1v) is 7.14. The zero-order valence-corrected chi connectivity index (χ0v) is 12.3. The van der Waals surface area contributed by atoms with Gasteiger partial charge in [0.1, 0.15) is 0 Å². The normalized spacial score (nSPS) is 12.0. The SMILES string of the molecule is CCCC(C)(C)c1c[nH]c2cc(CC)ccc2c1=O. The third-order valence-electron chi connectivity index (χ3n) is 3.96. The van der Waals surface area contributed by atoms with Gasteiger partial charge in [0.15, 0.2) is 5.43 Å². The van der Waals surface area contributed by atoms with Gasteiger partial charge < -0.3 is 4.98 Å². The summed E-state index contributed by atoms with van der Waals surface area (Å²) in [5, 5.41) is 0.805. The predicted molar refractivity (Wildman–Crippen MR) is 81.9 cm³/mol. The monoisotopic (exact) mass is 257 g/mol. The maximum Gasteiger partial charge on any atom is 0.193 e. The summed E-state index contributed by atoms with van der Waals surface area (Å²) in [5.74, 6) is 0. The molecule has 0 aliphatic carbocycles. The number of aromatic amines is 1. The Bertz CT molecular complexity index is 637. The summed E-state index contributed by atoms with van der Waals surface area (Å²) in [4.78, 5) is 15.9. The summed E-state index contributed by atoms with van der Waals surface area (Å²) in [7, 11) is 0. The maximum atomic E-state index is 12.6. The molecule has 0 aliphatic rings. The number of aryl methyl sites for hydroxylation is 1. The Balaban J connectivity index is 2.61. The Labute approximate surface area is 114 Å². The quantitative estimate of drug-likeness (QED) is 0.876. The zero-order valence-electron chi connectivity index (χ0n) is 12.3. The first-order chi connectivity index (χ1) is 8.99. The lowest BCUT2D eigenvalue weighted by molar-refractivity contribution is 0.469. The van der Waals surface area contributed by atoms with E-state index in [9.17, 15) is 4.79 Å². The molecular formula is C17H23NO. The summed E-state index contributed by atoms with van der Waals surface area (Å²) >= 11 is 0. The smallest absolute Gasteiger partial charge is 0.193 e. The molecule has 0 radical (unpaired) electrons. The molecule has 102 valence electrons. The lowest BCUT2D eigenvalue weighted by Crippen LogP contribution is -2.26. The number of benzene rings is 1. The number of fused-ring (bicyclic) bond motifs is 1. The fourth-order valence-corrected chi connectivity index (χ4v) is 2.75. The van der Waals surface area contributed by atoms with Crippen LogP contribution in [0.2, 0.25) is 0 Å². The molecule has 1 N–H and O–H groups in total. The Morgan fingerprint density at radius 2 is 1.95 bits per heavy atom. The van der Waals surface area contributed by atoms with Crippen molar-refractivity contribution in [3.05, 3.63) is 45.7 Å². The molecule has 0 bridgehead atoms. The second-order valence-corrected chi connectivity index (χ2v) is 5.90. The van der Waals surface area contributed by atoms with Crippen molar-refractivity contribution in [2.45, 2.75) is 52.4 Å². The molecule has 0 spiro atoms. The van der Waals surface area contributed by atoms with Gasteiger partial charge in [0.2, 0.25) is 0 Å². The molecule has 0 saturated heterocycles. The van der Waals surface area contributed by atoms with Gasteiger partial charge >= 0.3 is 0 Å². The van der Waals surface area contributed by atoms with Crippen LogP contribution < -0.4 is 5.43 Å². The van der Waals surface area contributed by atoms with Crippen LogP contribution >= 0.6 is 0 Å². The second-order valence-electron chi connectivity index (χ2n) is 5.90. The van der Waals surface area contributed by atoms with Crippen molar-refractivity contribution in [1.29, 1.82) is 0 Å². The Morgan fingerprint density at radius 1 is 1.21 bits per heavy atom. The average molecular weight is 257 g/mol. The summed E-state index contributed by atoms with van der Waals surface area (Å²) in [5.41, 5.74) is 3.20. The molecule has 1 aromatic heterocycles. The minimum Gasteiger partial charge on any atom is -0.361 e. The Hall–Kier alpha value is -1.57. The fourth-order valence-electron chi connectivity index (χ4n) is 2.75. The van der Waals surface area contributed by atoms with Crippen LogP contribution in [0.3, 0.4) is 0 Å². The molecule has 2 heteroatoms. The van der Waals surface area contributed by atoms with Gasteiger partial charge in [-0.1, -0.05) is 40.2 Å². The number of hydrogen-bond acceptors (Lipinski definition) is 1. The van der Waals surface area contributed by atoms with Crippen LogP contribution in [0.4, 0.5) is 0 Å². The number of H-pyrrole nitrogens is 1. The van der Waals surface area contributed by atoms with Crippen LogP contribution in [-0.2, 0) is 11.8 Å². The van der Waals surface area contributed by atoms with E-state index in [0.29, 0.717) is 0 Å². The molecule has 0 amide bonds. The van der Waals surface area contributed by atoms with Gasteiger partial charge in [0, 0.05) is 22.7 Å². The van der Waals surface area contributed by atoms with E-state index < -0.39 is 0 Å². The van der Waals surface area contributed by atoms with E-state index in [-0.39, 0.29) is 10.8 Å². The number of aromatic nitrogens is 1. The van der Waals surface area contributed by atoms with Crippen molar-refractivity contribution < 1.29 is 0 Å². The predicted octanol–water partition coefficient (Wildman–Crippen LogP) is 4.17. The largest absolute Gasteiger partial charge is 0.361 e. The number of pyridine rings is 1. The molecule has 0 aliphatic heterocycles. The molecular weight excluding hydrogens is 234 g/mol. The van der Waals surface area contributed by atoms with Crippen LogP contribution in [0.1, 0.15) is 51.7 Å². The number of rotatable bonds is 4. The lowest BCUT2D eigenvalue weighted by atomic mass is 9.81. The van der Waals surface area contributed by atoms with Crippen molar-refractivity contribution in [3.8, 4) is 0 Å². The standard InChI is InChI=1S/C17H23NO/c1-5-9-17(3,4)14-11-18-15-10-12(6-2)7-8-13(15)16(14)19/h7-8,10-11H,5-6,9H2,1-4H3,(H,18,19). The average Bonchev–Trinajstić information content (AvgIpc) is 2.38. The highest BCUT2D eigenvalue weighted by atomic mass is 16.1. The van der Waals surface area contributed by atoms with Crippen LogP contribution in [0.25, 0.3) is 10.9 Å². The Morgan fingerprint density at radius 3 is 2.58 bits per heavy atom. The highest BCUT2D eigenvalue weighted by Gasteiger charge is 2.23. The highest BCUT2D eigenvalue weighted by Crippen LogP contribution is 2.26. The van der Waals surface area contributed by atoms with Crippen molar-refractivity contribution >= 4 is 10.9 Å². The third-order valence-corrected chi connectivity index (χ3v) is 3.96. The number of nitrogens with one attached hydrogen (secondary N) is 1. The molecule has 0 unspecified atom stereocenters. The molecule has 0 atom stereocenters. The van der Waals surface area contributed by atoms with Gasteiger partial charge in [-0.3, -0.25) is 4.79 Å².